The lowest BCUT2D eigenvalue weighted by molar-refractivity contribution is -0.116. The second-order valence-electron chi connectivity index (χ2n) is 8.44. The van der Waals surface area contributed by atoms with Crippen LogP contribution in [-0.2, 0) is 9.53 Å². The van der Waals surface area contributed by atoms with Crippen molar-refractivity contribution in [3.05, 3.63) is 12.2 Å². The average molecular weight is 351 g/mol. The van der Waals surface area contributed by atoms with Gasteiger partial charge in [0.15, 0.2) is 0 Å². The predicted molar refractivity (Wildman–Crippen MR) is 98.3 cm³/mol. The van der Waals surface area contributed by atoms with E-state index in [0.717, 1.165) is 13.0 Å². The van der Waals surface area contributed by atoms with Crippen molar-refractivity contribution in [2.24, 2.45) is 11.8 Å². The summed E-state index contributed by atoms with van der Waals surface area (Å²) in [4.78, 5) is 28.4. The van der Waals surface area contributed by atoms with Crippen LogP contribution in [-0.4, -0.2) is 67.2 Å². The van der Waals surface area contributed by atoms with E-state index in [9.17, 15) is 9.59 Å². The zero-order chi connectivity index (χ0) is 18.6. The molecule has 0 aromatic rings. The Kier molecular flexibility index (Phi) is 6.49. The van der Waals surface area contributed by atoms with Crippen LogP contribution in [0.15, 0.2) is 12.2 Å². The highest BCUT2D eigenvalue weighted by Crippen LogP contribution is 2.44. The lowest BCUT2D eigenvalue weighted by Crippen LogP contribution is -2.47. The van der Waals surface area contributed by atoms with E-state index < -0.39 is 5.60 Å². The van der Waals surface area contributed by atoms with Gasteiger partial charge in [-0.1, -0.05) is 6.08 Å². The molecule has 1 saturated heterocycles. The number of hydrogen-bond donors (Lipinski definition) is 1. The normalized spacial score (nSPS) is 24.2. The third kappa shape index (κ3) is 6.34. The molecule has 2 aliphatic rings. The summed E-state index contributed by atoms with van der Waals surface area (Å²) in [6.07, 6.45) is 6.62. The van der Waals surface area contributed by atoms with Gasteiger partial charge in [0, 0.05) is 25.7 Å². The van der Waals surface area contributed by atoms with Crippen molar-refractivity contribution in [1.29, 1.82) is 0 Å². The molecule has 6 nitrogen and oxygen atoms in total. The molecule has 2 amide bonds. The van der Waals surface area contributed by atoms with Gasteiger partial charge < -0.3 is 19.9 Å². The zero-order valence-corrected chi connectivity index (χ0v) is 16.2. The summed E-state index contributed by atoms with van der Waals surface area (Å²) in [5.41, 5.74) is -0.503. The van der Waals surface area contributed by atoms with Gasteiger partial charge in [-0.2, -0.15) is 0 Å². The molecule has 2 rings (SSSR count). The smallest absolute Gasteiger partial charge is 0.410 e. The third-order valence-electron chi connectivity index (χ3n) is 4.68. The highest BCUT2D eigenvalue weighted by molar-refractivity contribution is 5.87. The molecule has 1 aliphatic heterocycles. The quantitative estimate of drug-likeness (QED) is 0.746. The van der Waals surface area contributed by atoms with Gasteiger partial charge in [0.1, 0.15) is 5.60 Å². The number of amides is 2. The molecule has 0 spiro atoms. The van der Waals surface area contributed by atoms with Crippen molar-refractivity contribution < 1.29 is 14.3 Å². The summed E-state index contributed by atoms with van der Waals surface area (Å²) in [6.45, 7) is 7.58. The first-order valence-corrected chi connectivity index (χ1v) is 9.26. The highest BCUT2D eigenvalue weighted by Gasteiger charge is 2.45. The van der Waals surface area contributed by atoms with Crippen LogP contribution in [0, 0.1) is 11.8 Å². The molecule has 2 fully saturated rings. The van der Waals surface area contributed by atoms with Gasteiger partial charge in [-0.3, -0.25) is 4.79 Å². The Morgan fingerprint density at radius 1 is 1.24 bits per heavy atom. The van der Waals surface area contributed by atoms with Crippen molar-refractivity contribution in [2.45, 2.75) is 51.7 Å². The molecule has 142 valence electrons. The number of rotatable bonds is 6. The molecule has 6 heteroatoms. The zero-order valence-electron chi connectivity index (χ0n) is 16.2. The topological polar surface area (TPSA) is 61.9 Å². The van der Waals surface area contributed by atoms with Gasteiger partial charge in [0.05, 0.1) is 6.04 Å². The number of hydrogen-bond acceptors (Lipinski definition) is 4. The van der Waals surface area contributed by atoms with Gasteiger partial charge in [-0.15, -0.1) is 0 Å². The molecule has 0 aromatic heterocycles. The fraction of sp³-hybridized carbons (Fsp3) is 0.789. The largest absolute Gasteiger partial charge is 0.444 e. The van der Waals surface area contributed by atoms with Crippen LogP contribution >= 0.6 is 0 Å². The van der Waals surface area contributed by atoms with Crippen molar-refractivity contribution in [2.75, 3.05) is 33.7 Å². The second-order valence-corrected chi connectivity index (χ2v) is 8.44. The predicted octanol–water partition coefficient (Wildman–Crippen LogP) is 2.26. The number of nitrogens with zero attached hydrogens (tertiary/aromatic N) is 2. The molecule has 1 saturated carbocycles. The Labute approximate surface area is 151 Å². The molecule has 2 unspecified atom stereocenters. The van der Waals surface area contributed by atoms with Crippen LogP contribution in [0.3, 0.4) is 0 Å². The minimum absolute atomic E-state index is 0.0357. The number of carbonyl (C=O) groups is 2. The van der Waals surface area contributed by atoms with Crippen LogP contribution in [0.5, 0.6) is 0 Å². The van der Waals surface area contributed by atoms with Crippen LogP contribution in [0.4, 0.5) is 4.79 Å². The van der Waals surface area contributed by atoms with Crippen molar-refractivity contribution in [1.82, 2.24) is 15.1 Å². The molecule has 0 aromatic carbocycles. The van der Waals surface area contributed by atoms with E-state index >= 15 is 0 Å². The van der Waals surface area contributed by atoms with Crippen LogP contribution in [0.1, 0.15) is 40.0 Å². The van der Waals surface area contributed by atoms with Crippen molar-refractivity contribution in [3.8, 4) is 0 Å². The SMILES string of the molecule is CN(C)C/C=C/C(=O)NCC1C(C2CC2)CCN1C(=O)OC(C)(C)C. The monoisotopic (exact) mass is 351 g/mol. The van der Waals surface area contributed by atoms with E-state index in [1.165, 1.54) is 12.8 Å². The average Bonchev–Trinajstić information content (AvgIpc) is 3.22. The first kappa shape index (κ1) is 19.8. The van der Waals surface area contributed by atoms with Gasteiger partial charge in [0.25, 0.3) is 0 Å². The summed E-state index contributed by atoms with van der Waals surface area (Å²) in [5, 5.41) is 2.96. The summed E-state index contributed by atoms with van der Waals surface area (Å²) in [7, 11) is 3.92. The number of likely N-dealkylation sites (tertiary alicyclic amines) is 1. The second kappa shape index (κ2) is 8.21. The summed E-state index contributed by atoms with van der Waals surface area (Å²) in [5.74, 6) is 1.06. The highest BCUT2D eigenvalue weighted by atomic mass is 16.6. The summed E-state index contributed by atoms with van der Waals surface area (Å²) in [6, 6.07) is 0.0357. The molecule has 0 bridgehead atoms. The Morgan fingerprint density at radius 3 is 2.48 bits per heavy atom. The van der Waals surface area contributed by atoms with Gasteiger partial charge in [-0.05, 0) is 66.0 Å². The van der Waals surface area contributed by atoms with E-state index in [-0.39, 0.29) is 18.0 Å². The standard InChI is InChI=1S/C19H33N3O3/c1-19(2,3)25-18(24)22-12-10-15(14-8-9-14)16(22)13-20-17(23)7-6-11-21(4)5/h6-7,14-16H,8-13H2,1-5H3,(H,20,23)/b7-6+. The fourth-order valence-corrected chi connectivity index (χ4v) is 3.40. The van der Waals surface area contributed by atoms with Crippen LogP contribution in [0.2, 0.25) is 0 Å². The van der Waals surface area contributed by atoms with E-state index in [4.69, 9.17) is 4.74 Å². The fourth-order valence-electron chi connectivity index (χ4n) is 3.40. The van der Waals surface area contributed by atoms with E-state index in [0.29, 0.717) is 24.9 Å². The molecular formula is C19H33N3O3. The van der Waals surface area contributed by atoms with E-state index in [1.807, 2.05) is 50.7 Å². The van der Waals surface area contributed by atoms with Crippen LogP contribution < -0.4 is 5.32 Å². The molecular weight excluding hydrogens is 318 g/mol. The lowest BCUT2D eigenvalue weighted by atomic mass is 9.95. The molecule has 0 radical (unpaired) electrons. The number of likely N-dealkylation sites (N-methyl/N-ethyl adjacent to an activating group) is 1. The first-order valence-electron chi connectivity index (χ1n) is 9.26. The summed E-state index contributed by atoms with van der Waals surface area (Å²) < 4.78 is 5.55. The minimum atomic E-state index is -0.503. The van der Waals surface area contributed by atoms with Gasteiger partial charge in [0.2, 0.25) is 5.91 Å². The Bertz CT molecular complexity index is 507. The van der Waals surface area contributed by atoms with Crippen molar-refractivity contribution >= 4 is 12.0 Å². The Hall–Kier alpha value is -1.56. The third-order valence-corrected chi connectivity index (χ3v) is 4.68. The van der Waals surface area contributed by atoms with Gasteiger partial charge in [-0.25, -0.2) is 4.79 Å². The van der Waals surface area contributed by atoms with Crippen LogP contribution in [0.25, 0.3) is 0 Å². The maximum Gasteiger partial charge on any atom is 0.410 e. The molecule has 1 heterocycles. The number of nitrogens with one attached hydrogen (secondary N) is 1. The molecule has 2 atom stereocenters. The maximum absolute atomic E-state index is 12.5. The van der Waals surface area contributed by atoms with Crippen molar-refractivity contribution in [3.63, 3.8) is 0 Å². The Morgan fingerprint density at radius 2 is 1.92 bits per heavy atom. The molecule has 25 heavy (non-hydrogen) atoms. The number of carbonyl (C=O) groups excluding carboxylic acids is 2. The van der Waals surface area contributed by atoms with Gasteiger partial charge >= 0.3 is 6.09 Å². The van der Waals surface area contributed by atoms with E-state index in [1.54, 1.807) is 6.08 Å². The molecule has 1 N–H and O–H groups in total. The lowest BCUT2D eigenvalue weighted by Gasteiger charge is -2.30. The minimum Gasteiger partial charge on any atom is -0.444 e. The summed E-state index contributed by atoms with van der Waals surface area (Å²) >= 11 is 0. The Balaban J connectivity index is 1.93. The molecule has 1 aliphatic carbocycles. The maximum atomic E-state index is 12.5. The first-order chi connectivity index (χ1) is 11.7. The number of ether oxygens (including phenoxy) is 1. The van der Waals surface area contributed by atoms with E-state index in [2.05, 4.69) is 5.32 Å².